The van der Waals surface area contributed by atoms with Crippen LogP contribution in [0.3, 0.4) is 0 Å². The van der Waals surface area contributed by atoms with Gasteiger partial charge in [0, 0.05) is 15.5 Å². The lowest BCUT2D eigenvalue weighted by atomic mass is 10.3. The van der Waals surface area contributed by atoms with Gasteiger partial charge >= 0.3 is 0 Å². The monoisotopic (exact) mass is 384 g/mol. The molecule has 0 saturated carbocycles. The maximum atomic E-state index is 11.8. The van der Waals surface area contributed by atoms with Crippen molar-refractivity contribution in [1.29, 1.82) is 0 Å². The first-order chi connectivity index (χ1) is 7.96. The molecular weight excluding hydrogens is 372 g/mol. The van der Waals surface area contributed by atoms with Crippen molar-refractivity contribution in [3.63, 3.8) is 0 Å². The predicted octanol–water partition coefficient (Wildman–Crippen LogP) is 2.56. The van der Waals surface area contributed by atoms with E-state index in [9.17, 15) is 8.42 Å². The Morgan fingerprint density at radius 1 is 1.24 bits per heavy atom. The summed E-state index contributed by atoms with van der Waals surface area (Å²) in [5, 5.41) is 2.98. The van der Waals surface area contributed by atoms with Crippen molar-refractivity contribution < 1.29 is 8.42 Å². The smallest absolute Gasteiger partial charge is 0.234 e. The molecule has 4 nitrogen and oxygen atoms in total. The average Bonchev–Trinajstić information content (AvgIpc) is 2.24. The van der Waals surface area contributed by atoms with E-state index in [1.807, 2.05) is 13.0 Å². The van der Waals surface area contributed by atoms with Gasteiger partial charge < -0.3 is 5.32 Å². The molecule has 0 bridgehead atoms. The van der Waals surface area contributed by atoms with E-state index >= 15 is 0 Å². The molecule has 0 atom stereocenters. The van der Waals surface area contributed by atoms with E-state index < -0.39 is 10.0 Å². The number of para-hydroxylation sites is 1. The third kappa shape index (κ3) is 4.95. The zero-order valence-electron chi connectivity index (χ0n) is 9.33. The first-order valence-corrected chi connectivity index (χ1v) is 8.35. The highest BCUT2D eigenvalue weighted by Crippen LogP contribution is 2.31. The normalized spacial score (nSPS) is 11.5. The second kappa shape index (κ2) is 6.72. The summed E-state index contributed by atoms with van der Waals surface area (Å²) in [5.41, 5.74) is 0.531. The lowest BCUT2D eigenvalue weighted by Gasteiger charge is -2.11. The number of nitrogens with one attached hydrogen (secondary N) is 2. The summed E-state index contributed by atoms with van der Waals surface area (Å²) in [7, 11) is -3.32. The minimum atomic E-state index is -3.32. The molecule has 7 heteroatoms. The van der Waals surface area contributed by atoms with Gasteiger partial charge in [0.1, 0.15) is 0 Å². The number of sulfonamides is 1. The number of benzene rings is 1. The zero-order valence-corrected chi connectivity index (χ0v) is 13.3. The molecule has 2 N–H and O–H groups in total. The Hall–Kier alpha value is -0.110. The van der Waals surface area contributed by atoms with Gasteiger partial charge in [0.2, 0.25) is 10.0 Å². The standard InChI is InChI=1S/C10H14Br2N2O2S/c1-2-13-6-7-17(15,16)14-10-8(11)4-3-5-9(10)12/h3-5,13-14H,2,6-7H2,1H3. The molecule has 96 valence electrons. The lowest BCUT2D eigenvalue weighted by Crippen LogP contribution is -2.26. The minimum absolute atomic E-state index is 0.0502. The maximum absolute atomic E-state index is 11.8. The largest absolute Gasteiger partial charge is 0.316 e. The van der Waals surface area contributed by atoms with Crippen LogP contribution in [0, 0.1) is 0 Å². The van der Waals surface area contributed by atoms with Gasteiger partial charge in [-0.3, -0.25) is 4.72 Å². The zero-order chi connectivity index (χ0) is 12.9. The van der Waals surface area contributed by atoms with Crippen LogP contribution in [0.4, 0.5) is 5.69 Å². The van der Waals surface area contributed by atoms with Crippen LogP contribution in [0.1, 0.15) is 6.92 Å². The summed E-state index contributed by atoms with van der Waals surface area (Å²) < 4.78 is 27.5. The van der Waals surface area contributed by atoms with Crippen molar-refractivity contribution in [1.82, 2.24) is 5.32 Å². The van der Waals surface area contributed by atoms with Crippen LogP contribution in [0.15, 0.2) is 27.1 Å². The molecule has 0 aliphatic rings. The number of hydrogen-bond donors (Lipinski definition) is 2. The Morgan fingerprint density at radius 2 is 1.82 bits per heavy atom. The molecule has 0 heterocycles. The number of anilines is 1. The van der Waals surface area contributed by atoms with Crippen LogP contribution in [-0.4, -0.2) is 27.3 Å². The van der Waals surface area contributed by atoms with Crippen molar-refractivity contribution in [3.05, 3.63) is 27.1 Å². The number of hydrogen-bond acceptors (Lipinski definition) is 3. The molecule has 0 aromatic heterocycles. The fourth-order valence-corrected chi connectivity index (χ4v) is 3.69. The lowest BCUT2D eigenvalue weighted by molar-refractivity contribution is 0.597. The quantitative estimate of drug-likeness (QED) is 0.740. The highest BCUT2D eigenvalue weighted by Gasteiger charge is 2.13. The molecule has 0 radical (unpaired) electrons. The molecule has 0 aliphatic carbocycles. The topological polar surface area (TPSA) is 58.2 Å². The van der Waals surface area contributed by atoms with Crippen molar-refractivity contribution >= 4 is 47.6 Å². The average molecular weight is 386 g/mol. The van der Waals surface area contributed by atoms with Crippen LogP contribution in [0.2, 0.25) is 0 Å². The molecular formula is C10H14Br2N2O2S. The minimum Gasteiger partial charge on any atom is -0.316 e. The fourth-order valence-electron chi connectivity index (χ4n) is 1.19. The van der Waals surface area contributed by atoms with Gasteiger partial charge in [-0.25, -0.2) is 8.42 Å². The van der Waals surface area contributed by atoms with Gasteiger partial charge in [-0.1, -0.05) is 13.0 Å². The summed E-state index contributed by atoms with van der Waals surface area (Å²) in [6, 6.07) is 5.39. The van der Waals surface area contributed by atoms with Crippen LogP contribution in [0.5, 0.6) is 0 Å². The van der Waals surface area contributed by atoms with E-state index in [2.05, 4.69) is 41.9 Å². The summed E-state index contributed by atoms with van der Waals surface area (Å²) in [4.78, 5) is 0. The Kier molecular flexibility index (Phi) is 5.91. The highest BCUT2D eigenvalue weighted by atomic mass is 79.9. The third-order valence-corrected chi connectivity index (χ3v) is 4.60. The number of halogens is 2. The molecule has 0 fully saturated rings. The van der Waals surface area contributed by atoms with E-state index in [0.29, 0.717) is 21.2 Å². The highest BCUT2D eigenvalue weighted by molar-refractivity contribution is 9.11. The van der Waals surface area contributed by atoms with Crippen LogP contribution in [0.25, 0.3) is 0 Å². The third-order valence-electron chi connectivity index (χ3n) is 2.02. The van der Waals surface area contributed by atoms with Gasteiger partial charge in [-0.2, -0.15) is 0 Å². The molecule has 0 saturated heterocycles. The Labute approximate surface area is 118 Å². The second-order valence-corrected chi connectivity index (χ2v) is 6.92. The Balaban J connectivity index is 2.76. The summed E-state index contributed by atoms with van der Waals surface area (Å²) in [6.07, 6.45) is 0. The van der Waals surface area contributed by atoms with Crippen LogP contribution >= 0.6 is 31.9 Å². The van der Waals surface area contributed by atoms with E-state index in [0.717, 1.165) is 6.54 Å². The first-order valence-electron chi connectivity index (χ1n) is 5.11. The number of rotatable bonds is 6. The van der Waals surface area contributed by atoms with Crippen molar-refractivity contribution in [2.75, 3.05) is 23.6 Å². The maximum Gasteiger partial charge on any atom is 0.234 e. The van der Waals surface area contributed by atoms with Crippen molar-refractivity contribution in [2.45, 2.75) is 6.92 Å². The molecule has 0 spiro atoms. The molecule has 0 aliphatic heterocycles. The van der Waals surface area contributed by atoms with Crippen molar-refractivity contribution in [3.8, 4) is 0 Å². The van der Waals surface area contributed by atoms with E-state index in [1.54, 1.807) is 12.1 Å². The van der Waals surface area contributed by atoms with Crippen LogP contribution < -0.4 is 10.0 Å². The van der Waals surface area contributed by atoms with E-state index in [-0.39, 0.29) is 5.75 Å². The SMILES string of the molecule is CCNCCS(=O)(=O)Nc1c(Br)cccc1Br. The van der Waals surface area contributed by atoms with Gasteiger partial charge in [0.25, 0.3) is 0 Å². The van der Waals surface area contributed by atoms with E-state index in [1.165, 1.54) is 0 Å². The summed E-state index contributed by atoms with van der Waals surface area (Å²) >= 11 is 6.62. The first kappa shape index (κ1) is 14.9. The van der Waals surface area contributed by atoms with E-state index in [4.69, 9.17) is 0 Å². The molecule has 1 rings (SSSR count). The second-order valence-electron chi connectivity index (χ2n) is 3.37. The molecule has 1 aromatic rings. The van der Waals surface area contributed by atoms with Gasteiger partial charge in [0.05, 0.1) is 11.4 Å². The molecule has 17 heavy (non-hydrogen) atoms. The summed E-state index contributed by atoms with van der Waals surface area (Å²) in [6.45, 7) is 3.13. The summed E-state index contributed by atoms with van der Waals surface area (Å²) in [5.74, 6) is 0.0502. The molecule has 0 unspecified atom stereocenters. The molecule has 1 aromatic carbocycles. The van der Waals surface area contributed by atoms with Gasteiger partial charge in [0.15, 0.2) is 0 Å². The Bertz CT molecular complexity index is 457. The van der Waals surface area contributed by atoms with Gasteiger partial charge in [-0.15, -0.1) is 0 Å². The molecule has 0 amide bonds. The van der Waals surface area contributed by atoms with Gasteiger partial charge in [-0.05, 0) is 50.5 Å². The van der Waals surface area contributed by atoms with Crippen molar-refractivity contribution in [2.24, 2.45) is 0 Å². The Morgan fingerprint density at radius 3 is 2.35 bits per heavy atom. The van der Waals surface area contributed by atoms with Crippen LogP contribution in [-0.2, 0) is 10.0 Å². The predicted molar refractivity (Wildman–Crippen MR) is 77.8 cm³/mol. The fraction of sp³-hybridized carbons (Fsp3) is 0.400.